The number of carbonyl (C=O) groups is 2. The predicted molar refractivity (Wildman–Crippen MR) is 71.3 cm³/mol. The third-order valence-corrected chi connectivity index (χ3v) is 2.72. The first-order valence-electron chi connectivity index (χ1n) is 5.96. The zero-order chi connectivity index (χ0) is 14.5. The van der Waals surface area contributed by atoms with E-state index in [9.17, 15) is 9.59 Å². The van der Waals surface area contributed by atoms with Gasteiger partial charge in [-0.2, -0.15) is 0 Å². The number of carboxylic acid groups (broad SMARTS) is 1. The Bertz CT molecular complexity index is 641. The normalized spacial score (nSPS) is 10.1. The van der Waals surface area contributed by atoms with Crippen molar-refractivity contribution in [2.75, 3.05) is 0 Å². The minimum absolute atomic E-state index is 0.0915. The standard InChI is InChI=1S/C14H13N3O3/c1-9-11(14(19)20)4-5-12(17-9)13(18)16-8-10-3-2-6-15-7-10/h2-7H,8H2,1H3,(H,16,18)(H,19,20). The van der Waals surface area contributed by atoms with E-state index in [1.54, 1.807) is 25.4 Å². The van der Waals surface area contributed by atoms with Gasteiger partial charge < -0.3 is 10.4 Å². The SMILES string of the molecule is Cc1nc(C(=O)NCc2cccnc2)ccc1C(=O)O. The first-order valence-corrected chi connectivity index (χ1v) is 5.96. The van der Waals surface area contributed by atoms with Gasteiger partial charge in [-0.25, -0.2) is 9.78 Å². The van der Waals surface area contributed by atoms with E-state index in [1.165, 1.54) is 12.1 Å². The molecule has 0 aliphatic rings. The Morgan fingerprint density at radius 1 is 1.30 bits per heavy atom. The molecule has 0 saturated heterocycles. The zero-order valence-corrected chi connectivity index (χ0v) is 10.8. The third kappa shape index (κ3) is 3.17. The smallest absolute Gasteiger partial charge is 0.337 e. The average Bonchev–Trinajstić information content (AvgIpc) is 2.45. The van der Waals surface area contributed by atoms with Crippen molar-refractivity contribution >= 4 is 11.9 Å². The van der Waals surface area contributed by atoms with Gasteiger partial charge in [-0.1, -0.05) is 6.07 Å². The fourth-order valence-corrected chi connectivity index (χ4v) is 1.69. The van der Waals surface area contributed by atoms with E-state index < -0.39 is 5.97 Å². The molecule has 0 saturated carbocycles. The molecule has 2 aromatic rings. The minimum Gasteiger partial charge on any atom is -0.478 e. The van der Waals surface area contributed by atoms with E-state index in [0.29, 0.717) is 12.2 Å². The van der Waals surface area contributed by atoms with Crippen molar-refractivity contribution in [2.24, 2.45) is 0 Å². The van der Waals surface area contributed by atoms with Crippen LogP contribution in [0.2, 0.25) is 0 Å². The molecule has 0 aliphatic carbocycles. The number of nitrogens with one attached hydrogen (secondary N) is 1. The Morgan fingerprint density at radius 3 is 2.70 bits per heavy atom. The van der Waals surface area contributed by atoms with Crippen molar-refractivity contribution in [1.29, 1.82) is 0 Å². The number of amides is 1. The first-order chi connectivity index (χ1) is 9.58. The highest BCUT2D eigenvalue weighted by molar-refractivity contribution is 5.94. The number of rotatable bonds is 4. The molecule has 1 amide bonds. The van der Waals surface area contributed by atoms with Gasteiger partial charge in [-0.05, 0) is 30.7 Å². The Balaban J connectivity index is 2.06. The van der Waals surface area contributed by atoms with Gasteiger partial charge in [-0.15, -0.1) is 0 Å². The maximum absolute atomic E-state index is 11.9. The first kappa shape index (κ1) is 13.7. The molecule has 2 N–H and O–H groups in total. The van der Waals surface area contributed by atoms with Crippen LogP contribution in [0, 0.1) is 6.92 Å². The summed E-state index contributed by atoms with van der Waals surface area (Å²) in [6.07, 6.45) is 3.31. The van der Waals surface area contributed by atoms with Crippen LogP contribution in [-0.4, -0.2) is 27.0 Å². The molecule has 0 atom stereocenters. The van der Waals surface area contributed by atoms with Gasteiger partial charge >= 0.3 is 5.97 Å². The second-order valence-corrected chi connectivity index (χ2v) is 4.18. The van der Waals surface area contributed by atoms with Gasteiger partial charge in [0.25, 0.3) is 5.91 Å². The molecule has 0 unspecified atom stereocenters. The maximum atomic E-state index is 11.9. The number of carboxylic acids is 1. The maximum Gasteiger partial charge on any atom is 0.337 e. The van der Waals surface area contributed by atoms with Crippen molar-refractivity contribution in [2.45, 2.75) is 13.5 Å². The molecule has 0 fully saturated rings. The van der Waals surface area contributed by atoms with Crippen molar-refractivity contribution in [3.63, 3.8) is 0 Å². The molecule has 2 aromatic heterocycles. The van der Waals surface area contributed by atoms with Gasteiger partial charge in [0.05, 0.1) is 11.3 Å². The van der Waals surface area contributed by atoms with Gasteiger partial charge in [0.15, 0.2) is 0 Å². The Morgan fingerprint density at radius 2 is 2.10 bits per heavy atom. The molecule has 2 rings (SSSR count). The van der Waals surface area contributed by atoms with Crippen molar-refractivity contribution in [1.82, 2.24) is 15.3 Å². The van der Waals surface area contributed by atoms with Gasteiger partial charge in [0.1, 0.15) is 5.69 Å². The van der Waals surface area contributed by atoms with E-state index >= 15 is 0 Å². The molecule has 6 nitrogen and oxygen atoms in total. The Kier molecular flexibility index (Phi) is 4.05. The van der Waals surface area contributed by atoms with Crippen molar-refractivity contribution in [3.05, 3.63) is 59.2 Å². The summed E-state index contributed by atoms with van der Waals surface area (Å²) in [5.41, 5.74) is 1.47. The molecule has 0 bridgehead atoms. The number of pyridine rings is 2. The number of aryl methyl sites for hydroxylation is 1. The molecule has 0 aromatic carbocycles. The van der Waals surface area contributed by atoms with Crippen LogP contribution in [-0.2, 0) is 6.54 Å². The van der Waals surface area contributed by atoms with Gasteiger partial charge in [0, 0.05) is 18.9 Å². The summed E-state index contributed by atoms with van der Waals surface area (Å²) in [6.45, 7) is 1.90. The number of carbonyl (C=O) groups excluding carboxylic acids is 1. The lowest BCUT2D eigenvalue weighted by Gasteiger charge is -2.06. The topological polar surface area (TPSA) is 92.2 Å². The molecular weight excluding hydrogens is 258 g/mol. The van der Waals surface area contributed by atoms with E-state index in [0.717, 1.165) is 5.56 Å². The summed E-state index contributed by atoms with van der Waals surface area (Å²) in [6, 6.07) is 6.41. The largest absolute Gasteiger partial charge is 0.478 e. The van der Waals surface area contributed by atoms with E-state index in [-0.39, 0.29) is 17.2 Å². The zero-order valence-electron chi connectivity index (χ0n) is 10.8. The van der Waals surface area contributed by atoms with Gasteiger partial charge in [-0.3, -0.25) is 9.78 Å². The quantitative estimate of drug-likeness (QED) is 0.877. The van der Waals surface area contributed by atoms with Crippen LogP contribution in [0.25, 0.3) is 0 Å². The summed E-state index contributed by atoms with van der Waals surface area (Å²) in [5, 5.41) is 11.6. The molecular formula is C14H13N3O3. The van der Waals surface area contributed by atoms with Crippen molar-refractivity contribution in [3.8, 4) is 0 Å². The number of nitrogens with zero attached hydrogens (tertiary/aromatic N) is 2. The lowest BCUT2D eigenvalue weighted by molar-refractivity contribution is 0.0694. The van der Waals surface area contributed by atoms with Crippen LogP contribution < -0.4 is 5.32 Å². The summed E-state index contributed by atoms with van der Waals surface area (Å²) in [7, 11) is 0. The summed E-state index contributed by atoms with van der Waals surface area (Å²) >= 11 is 0. The minimum atomic E-state index is -1.06. The summed E-state index contributed by atoms with van der Waals surface area (Å²) < 4.78 is 0. The Labute approximate surface area is 115 Å². The highest BCUT2D eigenvalue weighted by Crippen LogP contribution is 2.07. The Hall–Kier alpha value is -2.76. The highest BCUT2D eigenvalue weighted by Gasteiger charge is 2.12. The lowest BCUT2D eigenvalue weighted by Crippen LogP contribution is -2.24. The van der Waals surface area contributed by atoms with Crippen LogP contribution in [0.4, 0.5) is 0 Å². The van der Waals surface area contributed by atoms with E-state index in [1.807, 2.05) is 6.07 Å². The number of aromatic carboxylic acids is 1. The third-order valence-electron chi connectivity index (χ3n) is 2.72. The van der Waals surface area contributed by atoms with Crippen molar-refractivity contribution < 1.29 is 14.7 Å². The van der Waals surface area contributed by atoms with Crippen LogP contribution in [0.5, 0.6) is 0 Å². The van der Waals surface area contributed by atoms with Crippen LogP contribution in [0.3, 0.4) is 0 Å². The lowest BCUT2D eigenvalue weighted by atomic mass is 10.2. The van der Waals surface area contributed by atoms with E-state index in [2.05, 4.69) is 15.3 Å². The molecule has 0 aliphatic heterocycles. The van der Waals surface area contributed by atoms with Crippen LogP contribution in [0.15, 0.2) is 36.7 Å². The summed E-state index contributed by atoms with van der Waals surface area (Å²) in [4.78, 5) is 30.7. The number of aromatic nitrogens is 2. The van der Waals surface area contributed by atoms with Crippen LogP contribution in [0.1, 0.15) is 32.1 Å². The second-order valence-electron chi connectivity index (χ2n) is 4.18. The highest BCUT2D eigenvalue weighted by atomic mass is 16.4. The van der Waals surface area contributed by atoms with E-state index in [4.69, 9.17) is 5.11 Å². The molecule has 0 spiro atoms. The molecule has 20 heavy (non-hydrogen) atoms. The monoisotopic (exact) mass is 271 g/mol. The number of hydrogen-bond acceptors (Lipinski definition) is 4. The predicted octanol–water partition coefficient (Wildman–Crippen LogP) is 1.41. The molecule has 2 heterocycles. The molecule has 0 radical (unpaired) electrons. The molecule has 6 heteroatoms. The molecule has 102 valence electrons. The second kappa shape index (κ2) is 5.92. The average molecular weight is 271 g/mol. The number of hydrogen-bond donors (Lipinski definition) is 2. The van der Waals surface area contributed by atoms with Gasteiger partial charge in [0.2, 0.25) is 0 Å². The summed E-state index contributed by atoms with van der Waals surface area (Å²) in [5.74, 6) is -1.41. The van der Waals surface area contributed by atoms with Crippen LogP contribution >= 0.6 is 0 Å². The fraction of sp³-hybridized carbons (Fsp3) is 0.143. The fourth-order valence-electron chi connectivity index (χ4n) is 1.69.